The van der Waals surface area contributed by atoms with E-state index in [2.05, 4.69) is 5.32 Å². The Morgan fingerprint density at radius 3 is 2.58 bits per heavy atom. The van der Waals surface area contributed by atoms with Crippen molar-refractivity contribution in [1.82, 2.24) is 9.88 Å². The van der Waals surface area contributed by atoms with Crippen molar-refractivity contribution < 1.29 is 9.53 Å². The summed E-state index contributed by atoms with van der Waals surface area (Å²) in [4.78, 5) is 24.2. The van der Waals surface area contributed by atoms with Crippen molar-refractivity contribution in [1.29, 1.82) is 0 Å². The quantitative estimate of drug-likeness (QED) is 0.803. The van der Waals surface area contributed by atoms with Crippen LogP contribution in [0.25, 0.3) is 10.9 Å². The molecule has 0 atom stereocenters. The Morgan fingerprint density at radius 1 is 1.08 bits per heavy atom. The normalized spacial score (nSPS) is 10.5. The van der Waals surface area contributed by atoms with Crippen LogP contribution in [-0.4, -0.2) is 17.2 Å². The van der Waals surface area contributed by atoms with E-state index in [9.17, 15) is 9.59 Å². The second kappa shape index (κ2) is 7.00. The van der Waals surface area contributed by atoms with Crippen molar-refractivity contribution in [2.75, 3.05) is 6.54 Å². The van der Waals surface area contributed by atoms with Crippen LogP contribution in [0.5, 0.6) is 5.75 Å². The second-order valence-electron chi connectivity index (χ2n) is 5.47. The molecule has 1 aromatic heterocycles. The van der Waals surface area contributed by atoms with Gasteiger partial charge in [0.1, 0.15) is 5.75 Å². The molecule has 0 aliphatic heterocycles. The molecule has 0 saturated carbocycles. The van der Waals surface area contributed by atoms with Gasteiger partial charge in [-0.05, 0) is 36.6 Å². The molecule has 2 aromatic carbocycles. The molecule has 5 nitrogen and oxygen atoms in total. The van der Waals surface area contributed by atoms with E-state index in [-0.39, 0.29) is 5.56 Å². The Bertz CT molecular complexity index is 917. The molecule has 1 heterocycles. The lowest BCUT2D eigenvalue weighted by atomic mass is 10.1. The van der Waals surface area contributed by atoms with Crippen LogP contribution in [-0.2, 0) is 6.54 Å². The van der Waals surface area contributed by atoms with E-state index in [0.717, 1.165) is 10.9 Å². The molecule has 24 heavy (non-hydrogen) atoms. The molecule has 3 aromatic rings. The molecular weight excluding hydrogens is 304 g/mol. The number of rotatable bonds is 4. The Hall–Kier alpha value is -3.08. The molecule has 3 rings (SSSR count). The van der Waals surface area contributed by atoms with Crippen LogP contribution in [0.4, 0.5) is 4.79 Å². The fourth-order valence-corrected chi connectivity index (χ4v) is 2.60. The van der Waals surface area contributed by atoms with Crippen LogP contribution in [0, 0.1) is 6.92 Å². The SMILES string of the molecule is Cc1cc2ccccc2n(CCNC(=O)Oc2ccccc2)c1=O. The smallest absolute Gasteiger partial charge is 0.410 e. The second-order valence-corrected chi connectivity index (χ2v) is 5.47. The number of carbonyl (C=O) groups is 1. The summed E-state index contributed by atoms with van der Waals surface area (Å²) in [6.45, 7) is 2.48. The number of aromatic nitrogens is 1. The number of hydrogen-bond donors (Lipinski definition) is 1. The third-order valence-electron chi connectivity index (χ3n) is 3.74. The van der Waals surface area contributed by atoms with Gasteiger partial charge < -0.3 is 14.6 Å². The highest BCUT2D eigenvalue weighted by atomic mass is 16.6. The van der Waals surface area contributed by atoms with E-state index >= 15 is 0 Å². The minimum Gasteiger partial charge on any atom is -0.410 e. The summed E-state index contributed by atoms with van der Waals surface area (Å²) in [6.07, 6.45) is -0.536. The molecule has 0 radical (unpaired) electrons. The summed E-state index contributed by atoms with van der Waals surface area (Å²) >= 11 is 0. The van der Waals surface area contributed by atoms with Gasteiger partial charge >= 0.3 is 6.09 Å². The number of amides is 1. The van der Waals surface area contributed by atoms with Crippen LogP contribution in [0.3, 0.4) is 0 Å². The zero-order chi connectivity index (χ0) is 16.9. The summed E-state index contributed by atoms with van der Waals surface area (Å²) < 4.78 is 6.83. The molecule has 5 heteroatoms. The highest BCUT2D eigenvalue weighted by molar-refractivity contribution is 5.79. The van der Waals surface area contributed by atoms with Gasteiger partial charge in [-0.3, -0.25) is 4.79 Å². The van der Waals surface area contributed by atoms with E-state index < -0.39 is 6.09 Å². The lowest BCUT2D eigenvalue weighted by molar-refractivity contribution is 0.200. The Morgan fingerprint density at radius 2 is 1.79 bits per heavy atom. The highest BCUT2D eigenvalue weighted by Gasteiger charge is 2.07. The van der Waals surface area contributed by atoms with Crippen LogP contribution >= 0.6 is 0 Å². The number of hydrogen-bond acceptors (Lipinski definition) is 3. The van der Waals surface area contributed by atoms with E-state index in [0.29, 0.717) is 24.4 Å². The number of carbonyl (C=O) groups excluding carboxylic acids is 1. The predicted octanol–water partition coefficient (Wildman–Crippen LogP) is 3.10. The van der Waals surface area contributed by atoms with Crippen molar-refractivity contribution in [3.05, 3.63) is 76.6 Å². The van der Waals surface area contributed by atoms with Crippen molar-refractivity contribution in [2.45, 2.75) is 13.5 Å². The first-order chi connectivity index (χ1) is 11.6. The zero-order valence-corrected chi connectivity index (χ0v) is 13.4. The summed E-state index contributed by atoms with van der Waals surface area (Å²) in [5.74, 6) is 0.480. The largest absolute Gasteiger partial charge is 0.412 e. The molecule has 1 amide bonds. The number of fused-ring (bicyclic) bond motifs is 1. The summed E-state index contributed by atoms with van der Waals surface area (Å²) in [5, 5.41) is 3.67. The van der Waals surface area contributed by atoms with E-state index in [1.807, 2.05) is 36.4 Å². The van der Waals surface area contributed by atoms with Gasteiger partial charge in [0, 0.05) is 18.7 Å². The first-order valence-corrected chi connectivity index (χ1v) is 7.75. The fourth-order valence-electron chi connectivity index (χ4n) is 2.60. The average Bonchev–Trinajstić information content (AvgIpc) is 2.59. The number of para-hydroxylation sites is 2. The van der Waals surface area contributed by atoms with E-state index in [1.165, 1.54) is 0 Å². The summed E-state index contributed by atoms with van der Waals surface area (Å²) in [7, 11) is 0. The van der Waals surface area contributed by atoms with Crippen molar-refractivity contribution in [2.24, 2.45) is 0 Å². The molecule has 0 saturated heterocycles. The lowest BCUT2D eigenvalue weighted by Gasteiger charge is -2.12. The van der Waals surface area contributed by atoms with Crippen molar-refractivity contribution in [3.8, 4) is 5.75 Å². The van der Waals surface area contributed by atoms with Gasteiger partial charge in [0.25, 0.3) is 5.56 Å². The molecule has 0 aliphatic carbocycles. The van der Waals surface area contributed by atoms with Gasteiger partial charge in [-0.15, -0.1) is 0 Å². The third kappa shape index (κ3) is 3.46. The Balaban J connectivity index is 1.69. The fraction of sp³-hybridized carbons (Fsp3) is 0.158. The van der Waals surface area contributed by atoms with Crippen molar-refractivity contribution >= 4 is 17.0 Å². The molecule has 0 aliphatic rings. The van der Waals surface area contributed by atoms with Gasteiger partial charge in [0.05, 0.1) is 5.52 Å². The molecular formula is C19H18N2O3. The molecule has 1 N–H and O–H groups in total. The van der Waals surface area contributed by atoms with Crippen LogP contribution in [0.15, 0.2) is 65.5 Å². The predicted molar refractivity (Wildman–Crippen MR) is 93.4 cm³/mol. The number of ether oxygens (including phenoxy) is 1. The lowest BCUT2D eigenvalue weighted by Crippen LogP contribution is -2.33. The number of nitrogens with zero attached hydrogens (tertiary/aromatic N) is 1. The maximum absolute atomic E-state index is 12.4. The Labute approximate surface area is 139 Å². The first kappa shape index (κ1) is 15.8. The standard InChI is InChI=1S/C19H18N2O3/c1-14-13-15-7-5-6-10-17(15)21(18(14)22)12-11-20-19(23)24-16-8-3-2-4-9-16/h2-10,13H,11-12H2,1H3,(H,20,23). The zero-order valence-electron chi connectivity index (χ0n) is 13.4. The first-order valence-electron chi connectivity index (χ1n) is 7.75. The van der Waals surface area contributed by atoms with Crippen LogP contribution < -0.4 is 15.6 Å². The molecule has 0 spiro atoms. The highest BCUT2D eigenvalue weighted by Crippen LogP contribution is 2.13. The van der Waals surface area contributed by atoms with Crippen LogP contribution in [0.1, 0.15) is 5.56 Å². The van der Waals surface area contributed by atoms with Gasteiger partial charge in [-0.2, -0.15) is 0 Å². The summed E-state index contributed by atoms with van der Waals surface area (Å²) in [5.41, 5.74) is 1.49. The maximum atomic E-state index is 12.4. The molecule has 0 fully saturated rings. The molecule has 0 bridgehead atoms. The maximum Gasteiger partial charge on any atom is 0.412 e. The average molecular weight is 322 g/mol. The minimum absolute atomic E-state index is 0.0491. The van der Waals surface area contributed by atoms with E-state index in [4.69, 9.17) is 4.74 Å². The number of aryl methyl sites for hydroxylation is 1. The number of pyridine rings is 1. The number of benzene rings is 2. The van der Waals surface area contributed by atoms with Gasteiger partial charge in [0.2, 0.25) is 0 Å². The Kier molecular flexibility index (Phi) is 4.61. The van der Waals surface area contributed by atoms with Crippen LogP contribution in [0.2, 0.25) is 0 Å². The van der Waals surface area contributed by atoms with Gasteiger partial charge in [-0.1, -0.05) is 36.4 Å². The minimum atomic E-state index is -0.536. The molecule has 0 unspecified atom stereocenters. The van der Waals surface area contributed by atoms with Gasteiger partial charge in [0.15, 0.2) is 0 Å². The monoisotopic (exact) mass is 322 g/mol. The molecule has 122 valence electrons. The van der Waals surface area contributed by atoms with Gasteiger partial charge in [-0.25, -0.2) is 4.79 Å². The summed E-state index contributed by atoms with van der Waals surface area (Å²) in [6, 6.07) is 18.4. The topological polar surface area (TPSA) is 60.3 Å². The third-order valence-corrected chi connectivity index (χ3v) is 3.74. The van der Waals surface area contributed by atoms with Crippen molar-refractivity contribution in [3.63, 3.8) is 0 Å². The van der Waals surface area contributed by atoms with E-state index in [1.54, 1.807) is 35.8 Å². The number of nitrogens with one attached hydrogen (secondary N) is 1.